The number of pyridine rings is 1. The normalized spacial score (nSPS) is 10.5. The lowest BCUT2D eigenvalue weighted by Crippen LogP contribution is -2.11. The van der Waals surface area contributed by atoms with Crippen LogP contribution in [0.3, 0.4) is 0 Å². The number of fused-ring (bicyclic) bond motifs is 1. The fourth-order valence-corrected chi connectivity index (χ4v) is 1.85. The van der Waals surface area contributed by atoms with E-state index in [1.165, 1.54) is 0 Å². The molecule has 3 nitrogen and oxygen atoms in total. The van der Waals surface area contributed by atoms with Crippen molar-refractivity contribution in [1.82, 2.24) is 4.98 Å². The maximum atomic E-state index is 7.43. The number of nitrogens with one attached hydrogen (secondary N) is 1. The van der Waals surface area contributed by atoms with E-state index >= 15 is 0 Å². The molecular weight excluding hydrogens is 233 g/mol. The Morgan fingerprint density at radius 2 is 2.07 bits per heavy atom. The minimum Gasteiger partial charge on any atom is -0.384 e. The molecule has 0 aliphatic rings. The van der Waals surface area contributed by atoms with Crippen LogP contribution < -0.4 is 5.73 Å². The lowest BCUT2D eigenvalue weighted by Gasteiger charge is -2.07. The van der Waals surface area contributed by atoms with Gasteiger partial charge in [-0.3, -0.25) is 10.4 Å². The summed E-state index contributed by atoms with van der Waals surface area (Å²) in [6.45, 7) is 0. The monoisotopic (exact) mass is 239 g/mol. The standard InChI is InChI=1S/C10H7Cl2N3/c11-8-3-6(10(13)14)7-4-15-2-1-5(7)9(8)12/h1-4H,(H3,13,14). The second kappa shape index (κ2) is 3.68. The van der Waals surface area contributed by atoms with Gasteiger partial charge in [-0.25, -0.2) is 0 Å². The Morgan fingerprint density at radius 1 is 1.33 bits per heavy atom. The summed E-state index contributed by atoms with van der Waals surface area (Å²) in [5.74, 6) is -0.0495. The average molecular weight is 240 g/mol. The largest absolute Gasteiger partial charge is 0.384 e. The van der Waals surface area contributed by atoms with E-state index in [0.29, 0.717) is 15.6 Å². The van der Waals surface area contributed by atoms with Crippen molar-refractivity contribution in [3.8, 4) is 0 Å². The van der Waals surface area contributed by atoms with Crippen molar-refractivity contribution in [1.29, 1.82) is 5.41 Å². The molecule has 2 aromatic rings. The SMILES string of the molecule is N=C(N)c1cc(Cl)c(Cl)c2ccncc12. The first-order chi connectivity index (χ1) is 7.11. The molecule has 0 unspecified atom stereocenters. The van der Waals surface area contributed by atoms with Crippen LogP contribution in [0.15, 0.2) is 24.5 Å². The number of amidine groups is 1. The highest BCUT2D eigenvalue weighted by Gasteiger charge is 2.10. The molecule has 1 aromatic carbocycles. The number of hydrogen-bond acceptors (Lipinski definition) is 2. The molecule has 15 heavy (non-hydrogen) atoms. The van der Waals surface area contributed by atoms with E-state index in [9.17, 15) is 0 Å². The lowest BCUT2D eigenvalue weighted by molar-refractivity contribution is 1.35. The summed E-state index contributed by atoms with van der Waals surface area (Å²) in [6.07, 6.45) is 3.24. The number of hydrogen-bond donors (Lipinski definition) is 2. The quantitative estimate of drug-likeness (QED) is 0.594. The molecule has 2 rings (SSSR count). The van der Waals surface area contributed by atoms with Crippen LogP contribution in [0.25, 0.3) is 10.8 Å². The summed E-state index contributed by atoms with van der Waals surface area (Å²) < 4.78 is 0. The number of nitrogens with two attached hydrogens (primary N) is 1. The first-order valence-electron chi connectivity index (χ1n) is 4.17. The van der Waals surface area contributed by atoms with Crippen LogP contribution in [0, 0.1) is 5.41 Å². The number of aromatic nitrogens is 1. The van der Waals surface area contributed by atoms with Gasteiger partial charge in [-0.1, -0.05) is 23.2 Å². The van der Waals surface area contributed by atoms with Crippen LogP contribution in [-0.4, -0.2) is 10.8 Å². The van der Waals surface area contributed by atoms with Crippen LogP contribution in [0.5, 0.6) is 0 Å². The number of rotatable bonds is 1. The minimum atomic E-state index is -0.0495. The first kappa shape index (κ1) is 10.2. The van der Waals surface area contributed by atoms with E-state index in [4.69, 9.17) is 34.3 Å². The molecule has 0 fully saturated rings. The molecule has 0 spiro atoms. The van der Waals surface area contributed by atoms with Crippen molar-refractivity contribution in [3.63, 3.8) is 0 Å². The van der Waals surface area contributed by atoms with Crippen LogP contribution in [0.4, 0.5) is 0 Å². The van der Waals surface area contributed by atoms with E-state index in [-0.39, 0.29) is 5.84 Å². The number of halogens is 2. The molecule has 5 heteroatoms. The maximum Gasteiger partial charge on any atom is 0.123 e. The fraction of sp³-hybridized carbons (Fsp3) is 0. The van der Waals surface area contributed by atoms with Crippen molar-refractivity contribution in [2.75, 3.05) is 0 Å². The Labute approximate surface area is 96.3 Å². The Bertz CT molecular complexity index is 552. The highest BCUT2D eigenvalue weighted by molar-refractivity contribution is 6.45. The molecule has 0 aliphatic heterocycles. The molecule has 76 valence electrons. The van der Waals surface area contributed by atoms with Gasteiger partial charge in [0.25, 0.3) is 0 Å². The highest BCUT2D eigenvalue weighted by Crippen LogP contribution is 2.32. The predicted octanol–water partition coefficient (Wildman–Crippen LogP) is 2.83. The highest BCUT2D eigenvalue weighted by atomic mass is 35.5. The Kier molecular flexibility index (Phi) is 2.50. The third-order valence-corrected chi connectivity index (χ3v) is 2.92. The van der Waals surface area contributed by atoms with Gasteiger partial charge in [0, 0.05) is 28.7 Å². The van der Waals surface area contributed by atoms with Crippen LogP contribution in [0.2, 0.25) is 10.0 Å². The molecular formula is C10H7Cl2N3. The van der Waals surface area contributed by atoms with Crippen molar-refractivity contribution in [2.45, 2.75) is 0 Å². The number of nitrogens with zero attached hydrogens (tertiary/aromatic N) is 1. The average Bonchev–Trinajstić information content (AvgIpc) is 2.23. The first-order valence-corrected chi connectivity index (χ1v) is 4.93. The molecule has 0 amide bonds. The summed E-state index contributed by atoms with van der Waals surface area (Å²) in [6, 6.07) is 3.33. The summed E-state index contributed by atoms with van der Waals surface area (Å²) in [4.78, 5) is 3.97. The zero-order chi connectivity index (χ0) is 11.0. The van der Waals surface area contributed by atoms with E-state index in [0.717, 1.165) is 10.8 Å². The second-order valence-corrected chi connectivity index (χ2v) is 3.84. The summed E-state index contributed by atoms with van der Waals surface area (Å²) >= 11 is 12.0. The van der Waals surface area contributed by atoms with Crippen LogP contribution in [0.1, 0.15) is 5.56 Å². The van der Waals surface area contributed by atoms with Gasteiger partial charge in [0.05, 0.1) is 10.0 Å². The lowest BCUT2D eigenvalue weighted by atomic mass is 10.1. The van der Waals surface area contributed by atoms with Crippen LogP contribution >= 0.6 is 23.2 Å². The maximum absolute atomic E-state index is 7.43. The predicted molar refractivity (Wildman–Crippen MR) is 62.8 cm³/mol. The Balaban J connectivity index is 2.94. The van der Waals surface area contributed by atoms with E-state index in [1.807, 2.05) is 0 Å². The van der Waals surface area contributed by atoms with Gasteiger partial charge in [-0.15, -0.1) is 0 Å². The zero-order valence-corrected chi connectivity index (χ0v) is 9.10. The van der Waals surface area contributed by atoms with Crippen LogP contribution in [-0.2, 0) is 0 Å². The molecule has 0 saturated heterocycles. The van der Waals surface area contributed by atoms with Gasteiger partial charge in [0.15, 0.2) is 0 Å². The molecule has 1 aromatic heterocycles. The second-order valence-electron chi connectivity index (χ2n) is 3.05. The summed E-state index contributed by atoms with van der Waals surface area (Å²) in [7, 11) is 0. The van der Waals surface area contributed by atoms with Gasteiger partial charge < -0.3 is 5.73 Å². The van der Waals surface area contributed by atoms with Crippen molar-refractivity contribution in [2.24, 2.45) is 5.73 Å². The van der Waals surface area contributed by atoms with Gasteiger partial charge in [0.2, 0.25) is 0 Å². The van der Waals surface area contributed by atoms with Crippen molar-refractivity contribution in [3.05, 3.63) is 40.1 Å². The van der Waals surface area contributed by atoms with Gasteiger partial charge in [-0.2, -0.15) is 0 Å². The molecule has 0 atom stereocenters. The van der Waals surface area contributed by atoms with E-state index in [1.54, 1.807) is 24.5 Å². The Morgan fingerprint density at radius 3 is 2.73 bits per heavy atom. The molecule has 0 saturated carbocycles. The molecule has 3 N–H and O–H groups in total. The van der Waals surface area contributed by atoms with E-state index in [2.05, 4.69) is 4.98 Å². The zero-order valence-electron chi connectivity index (χ0n) is 7.59. The van der Waals surface area contributed by atoms with Crippen molar-refractivity contribution >= 4 is 39.8 Å². The third-order valence-electron chi connectivity index (χ3n) is 2.12. The number of nitrogen functional groups attached to an aromatic ring is 1. The van der Waals surface area contributed by atoms with Crippen molar-refractivity contribution < 1.29 is 0 Å². The third kappa shape index (κ3) is 1.64. The number of benzene rings is 1. The van der Waals surface area contributed by atoms with Gasteiger partial charge >= 0.3 is 0 Å². The molecule has 0 radical (unpaired) electrons. The summed E-state index contributed by atoms with van der Waals surface area (Å²) in [5, 5.41) is 9.77. The topological polar surface area (TPSA) is 62.8 Å². The molecule has 1 heterocycles. The van der Waals surface area contributed by atoms with Gasteiger partial charge in [0.1, 0.15) is 5.84 Å². The Hall–Kier alpha value is -1.32. The summed E-state index contributed by atoms with van der Waals surface area (Å²) in [5.41, 5.74) is 6.00. The minimum absolute atomic E-state index is 0.0495. The van der Waals surface area contributed by atoms with E-state index < -0.39 is 0 Å². The molecule has 0 aliphatic carbocycles. The molecule has 0 bridgehead atoms. The fourth-order valence-electron chi connectivity index (χ4n) is 1.42. The smallest absolute Gasteiger partial charge is 0.123 e. The van der Waals surface area contributed by atoms with Gasteiger partial charge in [-0.05, 0) is 12.1 Å².